The van der Waals surface area contributed by atoms with Crippen molar-refractivity contribution in [1.29, 1.82) is 0 Å². The molecule has 0 saturated carbocycles. The van der Waals surface area contributed by atoms with Crippen LogP contribution in [0.15, 0.2) is 28.8 Å². The first-order chi connectivity index (χ1) is 11.2. The number of amides is 1. The van der Waals surface area contributed by atoms with E-state index in [2.05, 4.69) is 48.4 Å². The van der Waals surface area contributed by atoms with Crippen LogP contribution in [0, 0.1) is 0 Å². The van der Waals surface area contributed by atoms with E-state index in [1.54, 1.807) is 0 Å². The van der Waals surface area contributed by atoms with Crippen LogP contribution in [0.3, 0.4) is 0 Å². The number of nitrogens with one attached hydrogen (secondary N) is 1. The van der Waals surface area contributed by atoms with Gasteiger partial charge in [-0.15, -0.1) is 0 Å². The molecule has 1 N–H and O–H groups in total. The van der Waals surface area contributed by atoms with E-state index < -0.39 is 0 Å². The van der Waals surface area contributed by atoms with Crippen molar-refractivity contribution in [3.05, 3.63) is 47.1 Å². The predicted molar refractivity (Wildman–Crippen MR) is 93.8 cm³/mol. The summed E-state index contributed by atoms with van der Waals surface area (Å²) < 4.78 is 5.22. The molecule has 24 heavy (non-hydrogen) atoms. The van der Waals surface area contributed by atoms with Crippen molar-refractivity contribution in [2.75, 3.05) is 0 Å². The average molecular weight is 329 g/mol. The van der Waals surface area contributed by atoms with Gasteiger partial charge in [-0.1, -0.05) is 64.0 Å². The minimum absolute atomic E-state index is 0.0599. The molecule has 1 aromatic heterocycles. The summed E-state index contributed by atoms with van der Waals surface area (Å²) in [5.41, 5.74) is 2.36. The van der Waals surface area contributed by atoms with Crippen molar-refractivity contribution in [3.63, 3.8) is 0 Å². The maximum atomic E-state index is 12.2. The largest absolute Gasteiger partial charge is 0.344 e. The lowest BCUT2D eigenvalue weighted by Gasteiger charge is -2.19. The average Bonchev–Trinajstić information content (AvgIpc) is 2.96. The van der Waals surface area contributed by atoms with Crippen molar-refractivity contribution >= 4 is 5.91 Å². The van der Waals surface area contributed by atoms with Gasteiger partial charge in [0.1, 0.15) is 6.04 Å². The van der Waals surface area contributed by atoms with Crippen LogP contribution in [0.4, 0.5) is 0 Å². The van der Waals surface area contributed by atoms with Crippen LogP contribution in [-0.2, 0) is 16.6 Å². The zero-order valence-electron chi connectivity index (χ0n) is 15.4. The van der Waals surface area contributed by atoms with E-state index in [-0.39, 0.29) is 23.3 Å². The van der Waals surface area contributed by atoms with Crippen LogP contribution in [0.1, 0.15) is 76.3 Å². The molecule has 130 valence electrons. The second-order valence-corrected chi connectivity index (χ2v) is 7.56. The van der Waals surface area contributed by atoms with Crippen molar-refractivity contribution < 1.29 is 9.32 Å². The Labute approximate surface area is 143 Å². The first kappa shape index (κ1) is 18.2. The molecule has 1 atom stereocenters. The zero-order chi connectivity index (χ0) is 17.9. The fourth-order valence-corrected chi connectivity index (χ4v) is 2.32. The molecule has 2 aromatic rings. The highest BCUT2D eigenvalue weighted by Crippen LogP contribution is 2.22. The summed E-state index contributed by atoms with van der Waals surface area (Å²) in [6.45, 7) is 12.4. The summed E-state index contributed by atoms with van der Waals surface area (Å²) in [6, 6.07) is 7.88. The number of nitrogens with zero attached hydrogens (tertiary/aromatic N) is 2. The summed E-state index contributed by atoms with van der Waals surface area (Å²) >= 11 is 0. The van der Waals surface area contributed by atoms with Gasteiger partial charge in [0.05, 0.1) is 6.42 Å². The van der Waals surface area contributed by atoms with Crippen LogP contribution in [0.25, 0.3) is 0 Å². The lowest BCUT2D eigenvalue weighted by Crippen LogP contribution is -2.28. The molecule has 1 amide bonds. The van der Waals surface area contributed by atoms with Gasteiger partial charge in [0, 0.05) is 5.92 Å². The van der Waals surface area contributed by atoms with Gasteiger partial charge in [-0.2, -0.15) is 4.98 Å². The van der Waals surface area contributed by atoms with Crippen LogP contribution in [0.5, 0.6) is 0 Å². The zero-order valence-corrected chi connectivity index (χ0v) is 15.4. The van der Waals surface area contributed by atoms with E-state index in [1.165, 1.54) is 5.56 Å². The minimum atomic E-state index is -0.300. The number of aromatic nitrogens is 2. The standard InChI is InChI=1S/C19H27N3O2/c1-12(2)17-21-18(24-22-17)13(3)20-16(23)11-14-7-9-15(10-8-14)19(4,5)6/h7-10,12-13H,11H2,1-6H3,(H,20,23). The Balaban J connectivity index is 1.94. The Morgan fingerprint density at radius 1 is 1.17 bits per heavy atom. The number of hydrogen-bond acceptors (Lipinski definition) is 4. The quantitative estimate of drug-likeness (QED) is 0.903. The number of benzene rings is 1. The molecule has 0 radical (unpaired) electrons. The van der Waals surface area contributed by atoms with Gasteiger partial charge in [-0.25, -0.2) is 0 Å². The number of carbonyl (C=O) groups excluding carboxylic acids is 1. The van der Waals surface area contributed by atoms with E-state index in [0.29, 0.717) is 18.1 Å². The predicted octanol–water partition coefficient (Wildman–Crippen LogP) is 3.91. The normalized spacial score (nSPS) is 13.1. The molecular weight excluding hydrogens is 302 g/mol. The first-order valence-corrected chi connectivity index (χ1v) is 8.39. The molecule has 0 spiro atoms. The number of hydrogen-bond donors (Lipinski definition) is 1. The summed E-state index contributed by atoms with van der Waals surface area (Å²) in [7, 11) is 0. The van der Waals surface area contributed by atoms with Gasteiger partial charge in [0.2, 0.25) is 11.8 Å². The second-order valence-electron chi connectivity index (χ2n) is 7.56. The fourth-order valence-electron chi connectivity index (χ4n) is 2.32. The van der Waals surface area contributed by atoms with Crippen molar-refractivity contribution in [2.45, 2.75) is 65.3 Å². The lowest BCUT2D eigenvalue weighted by atomic mass is 9.86. The van der Waals surface area contributed by atoms with Crippen LogP contribution < -0.4 is 5.32 Å². The Morgan fingerprint density at radius 3 is 2.29 bits per heavy atom. The van der Waals surface area contributed by atoms with Crippen LogP contribution in [0.2, 0.25) is 0 Å². The molecule has 0 saturated heterocycles. The molecule has 0 aliphatic rings. The highest BCUT2D eigenvalue weighted by molar-refractivity contribution is 5.78. The number of rotatable bonds is 5. The monoisotopic (exact) mass is 329 g/mol. The molecule has 1 aromatic carbocycles. The van der Waals surface area contributed by atoms with Gasteiger partial charge in [-0.05, 0) is 23.5 Å². The van der Waals surface area contributed by atoms with Crippen molar-refractivity contribution in [3.8, 4) is 0 Å². The third kappa shape index (κ3) is 4.66. The third-order valence-electron chi connectivity index (χ3n) is 3.91. The Hall–Kier alpha value is -2.17. The summed E-state index contributed by atoms with van der Waals surface area (Å²) in [5.74, 6) is 1.24. The van der Waals surface area contributed by atoms with Gasteiger partial charge < -0.3 is 9.84 Å². The van der Waals surface area contributed by atoms with Crippen LogP contribution in [-0.4, -0.2) is 16.0 Å². The second kappa shape index (κ2) is 7.16. The molecule has 0 aliphatic heterocycles. The third-order valence-corrected chi connectivity index (χ3v) is 3.91. The van der Waals surface area contributed by atoms with E-state index in [9.17, 15) is 4.79 Å². The Kier molecular flexibility index (Phi) is 5.42. The highest BCUT2D eigenvalue weighted by atomic mass is 16.5. The molecule has 1 unspecified atom stereocenters. The lowest BCUT2D eigenvalue weighted by molar-refractivity contribution is -0.121. The van der Waals surface area contributed by atoms with E-state index in [1.807, 2.05) is 32.9 Å². The van der Waals surface area contributed by atoms with Crippen molar-refractivity contribution in [2.24, 2.45) is 0 Å². The fraction of sp³-hybridized carbons (Fsp3) is 0.526. The van der Waals surface area contributed by atoms with Crippen molar-refractivity contribution in [1.82, 2.24) is 15.5 Å². The molecular formula is C19H27N3O2. The summed E-state index contributed by atoms with van der Waals surface area (Å²) in [4.78, 5) is 16.5. The van der Waals surface area contributed by atoms with Gasteiger partial charge >= 0.3 is 0 Å². The van der Waals surface area contributed by atoms with Gasteiger partial charge in [0.15, 0.2) is 5.82 Å². The van der Waals surface area contributed by atoms with E-state index in [4.69, 9.17) is 4.52 Å². The van der Waals surface area contributed by atoms with Gasteiger partial charge in [-0.3, -0.25) is 4.79 Å². The highest BCUT2D eigenvalue weighted by Gasteiger charge is 2.18. The van der Waals surface area contributed by atoms with Crippen LogP contribution >= 0.6 is 0 Å². The molecule has 1 heterocycles. The maximum Gasteiger partial charge on any atom is 0.248 e. The SMILES string of the molecule is CC(C)c1noc(C(C)NC(=O)Cc2ccc(C(C)(C)C)cc2)n1. The Bertz CT molecular complexity index is 681. The molecule has 5 heteroatoms. The summed E-state index contributed by atoms with van der Waals surface area (Å²) in [6.07, 6.45) is 0.333. The topological polar surface area (TPSA) is 68.0 Å². The molecule has 0 aliphatic carbocycles. The van der Waals surface area contributed by atoms with Gasteiger partial charge in [0.25, 0.3) is 0 Å². The Morgan fingerprint density at radius 2 is 1.79 bits per heavy atom. The van der Waals surface area contributed by atoms with E-state index in [0.717, 1.165) is 5.56 Å². The molecule has 2 rings (SSSR count). The molecule has 0 fully saturated rings. The molecule has 0 bridgehead atoms. The smallest absolute Gasteiger partial charge is 0.248 e. The molecule has 5 nitrogen and oxygen atoms in total. The first-order valence-electron chi connectivity index (χ1n) is 8.39. The van der Waals surface area contributed by atoms with E-state index >= 15 is 0 Å². The number of carbonyl (C=O) groups is 1. The maximum absolute atomic E-state index is 12.2. The summed E-state index contributed by atoms with van der Waals surface area (Å²) in [5, 5.41) is 6.83. The minimum Gasteiger partial charge on any atom is -0.344 e.